The Bertz CT molecular complexity index is 296. The normalized spacial score (nSPS) is 21.3. The van der Waals surface area contributed by atoms with Gasteiger partial charge in [-0.05, 0) is 37.5 Å². The highest BCUT2D eigenvalue weighted by Gasteiger charge is 2.13. The van der Waals surface area contributed by atoms with Crippen molar-refractivity contribution in [3.63, 3.8) is 0 Å². The molecule has 1 atom stereocenters. The third kappa shape index (κ3) is 1.48. The maximum atomic E-state index is 3.47. The van der Waals surface area contributed by atoms with Crippen LogP contribution in [0.3, 0.4) is 0 Å². The molecule has 1 heterocycles. The van der Waals surface area contributed by atoms with Gasteiger partial charge in [0.05, 0.1) is 0 Å². The molecular weight excluding hydrogens is 214 g/mol. The zero-order valence-corrected chi connectivity index (χ0v) is 8.69. The molecule has 0 amide bonds. The first-order valence-corrected chi connectivity index (χ1v) is 5.10. The number of anilines is 1. The number of halogens is 1. The van der Waals surface area contributed by atoms with Crippen LogP contribution in [0.15, 0.2) is 22.7 Å². The summed E-state index contributed by atoms with van der Waals surface area (Å²) in [6, 6.07) is 7.08. The molecule has 0 saturated heterocycles. The molecule has 64 valence electrons. The van der Waals surface area contributed by atoms with Crippen LogP contribution in [0.25, 0.3) is 0 Å². The van der Waals surface area contributed by atoms with Crippen molar-refractivity contribution in [2.75, 3.05) is 5.32 Å². The van der Waals surface area contributed by atoms with E-state index in [4.69, 9.17) is 0 Å². The summed E-state index contributed by atoms with van der Waals surface area (Å²) in [6.45, 7) is 2.23. The minimum atomic E-state index is 0.617. The highest BCUT2D eigenvalue weighted by Crippen LogP contribution is 2.27. The molecule has 0 radical (unpaired) electrons. The van der Waals surface area contributed by atoms with Crippen molar-refractivity contribution in [3.8, 4) is 0 Å². The third-order valence-electron chi connectivity index (χ3n) is 2.32. The number of rotatable bonds is 0. The molecule has 1 N–H and O–H groups in total. The number of hydrogen-bond acceptors (Lipinski definition) is 1. The van der Waals surface area contributed by atoms with Crippen molar-refractivity contribution in [2.45, 2.75) is 25.8 Å². The second-order valence-electron chi connectivity index (χ2n) is 3.39. The molecule has 2 rings (SSSR count). The number of nitrogens with one attached hydrogen (secondary N) is 1. The van der Waals surface area contributed by atoms with Gasteiger partial charge in [0.2, 0.25) is 0 Å². The van der Waals surface area contributed by atoms with E-state index in [1.807, 2.05) is 0 Å². The lowest BCUT2D eigenvalue weighted by molar-refractivity contribution is 0.681. The molecule has 1 aromatic carbocycles. The fraction of sp³-hybridized carbons (Fsp3) is 0.400. The average Bonchev–Trinajstić information content (AvgIpc) is 2.03. The van der Waals surface area contributed by atoms with Crippen molar-refractivity contribution < 1.29 is 0 Å². The molecule has 0 aromatic heterocycles. The molecule has 12 heavy (non-hydrogen) atoms. The molecule has 1 aromatic rings. The van der Waals surface area contributed by atoms with E-state index in [0.29, 0.717) is 6.04 Å². The maximum Gasteiger partial charge on any atom is 0.0386 e. The topological polar surface area (TPSA) is 12.0 Å². The Morgan fingerprint density at radius 2 is 2.33 bits per heavy atom. The first-order chi connectivity index (χ1) is 5.75. The van der Waals surface area contributed by atoms with Gasteiger partial charge in [-0.15, -0.1) is 0 Å². The van der Waals surface area contributed by atoms with Gasteiger partial charge in [-0.2, -0.15) is 0 Å². The summed E-state index contributed by atoms with van der Waals surface area (Å²) in [4.78, 5) is 0. The van der Waals surface area contributed by atoms with Crippen molar-refractivity contribution in [2.24, 2.45) is 0 Å². The summed E-state index contributed by atoms with van der Waals surface area (Å²) in [5, 5.41) is 3.47. The monoisotopic (exact) mass is 225 g/mol. The molecule has 1 aliphatic heterocycles. The predicted molar refractivity (Wildman–Crippen MR) is 55.5 cm³/mol. The lowest BCUT2D eigenvalue weighted by Crippen LogP contribution is -2.21. The Morgan fingerprint density at radius 1 is 1.50 bits per heavy atom. The van der Waals surface area contributed by atoms with E-state index in [9.17, 15) is 0 Å². The Labute approximate surface area is 81.3 Å². The second-order valence-corrected chi connectivity index (χ2v) is 4.30. The van der Waals surface area contributed by atoms with Gasteiger partial charge in [0.25, 0.3) is 0 Å². The van der Waals surface area contributed by atoms with Gasteiger partial charge in [0.1, 0.15) is 0 Å². The van der Waals surface area contributed by atoms with E-state index >= 15 is 0 Å². The Kier molecular flexibility index (Phi) is 2.09. The zero-order valence-electron chi connectivity index (χ0n) is 7.10. The second kappa shape index (κ2) is 3.09. The van der Waals surface area contributed by atoms with Crippen LogP contribution in [0.5, 0.6) is 0 Å². The number of aryl methyl sites for hydroxylation is 1. The predicted octanol–water partition coefficient (Wildman–Crippen LogP) is 3.20. The zero-order chi connectivity index (χ0) is 8.55. The minimum absolute atomic E-state index is 0.617. The van der Waals surface area contributed by atoms with E-state index < -0.39 is 0 Å². The smallest absolute Gasteiger partial charge is 0.0386 e. The fourth-order valence-electron chi connectivity index (χ4n) is 1.61. The molecular formula is C10H12BrN. The van der Waals surface area contributed by atoms with Gasteiger partial charge in [0, 0.05) is 16.2 Å². The van der Waals surface area contributed by atoms with Gasteiger partial charge in [0.15, 0.2) is 0 Å². The molecule has 1 nitrogen and oxygen atoms in total. The van der Waals surface area contributed by atoms with Gasteiger partial charge in [-0.1, -0.05) is 22.0 Å². The van der Waals surface area contributed by atoms with Crippen LogP contribution < -0.4 is 5.32 Å². The SMILES string of the molecule is CC1CCc2ccc(Br)cc2N1. The molecule has 2 heteroatoms. The standard InChI is InChI=1S/C10H12BrN/c1-7-2-3-8-4-5-9(11)6-10(8)12-7/h4-7,12H,2-3H2,1H3. The van der Waals surface area contributed by atoms with Crippen molar-refractivity contribution in [1.29, 1.82) is 0 Å². The van der Waals surface area contributed by atoms with E-state index in [1.165, 1.54) is 24.1 Å². The molecule has 1 aliphatic rings. The van der Waals surface area contributed by atoms with Gasteiger partial charge < -0.3 is 5.32 Å². The largest absolute Gasteiger partial charge is 0.382 e. The first kappa shape index (κ1) is 8.11. The Balaban J connectivity index is 2.37. The highest BCUT2D eigenvalue weighted by molar-refractivity contribution is 9.10. The molecule has 0 aliphatic carbocycles. The fourth-order valence-corrected chi connectivity index (χ4v) is 1.97. The van der Waals surface area contributed by atoms with Gasteiger partial charge in [-0.3, -0.25) is 0 Å². The highest BCUT2D eigenvalue weighted by atomic mass is 79.9. The van der Waals surface area contributed by atoms with E-state index in [2.05, 4.69) is 46.4 Å². The van der Waals surface area contributed by atoms with E-state index in [-0.39, 0.29) is 0 Å². The Morgan fingerprint density at radius 3 is 3.17 bits per heavy atom. The number of fused-ring (bicyclic) bond motifs is 1. The van der Waals surface area contributed by atoms with Crippen LogP contribution in [0.2, 0.25) is 0 Å². The van der Waals surface area contributed by atoms with Crippen LogP contribution in [0, 0.1) is 0 Å². The summed E-state index contributed by atoms with van der Waals surface area (Å²) >= 11 is 3.47. The lowest BCUT2D eigenvalue weighted by atomic mass is 9.99. The molecule has 0 spiro atoms. The molecule has 0 bridgehead atoms. The third-order valence-corrected chi connectivity index (χ3v) is 2.81. The maximum absolute atomic E-state index is 3.47. The van der Waals surface area contributed by atoms with Crippen molar-refractivity contribution in [1.82, 2.24) is 0 Å². The summed E-state index contributed by atoms with van der Waals surface area (Å²) in [6.07, 6.45) is 2.45. The summed E-state index contributed by atoms with van der Waals surface area (Å²) < 4.78 is 1.16. The van der Waals surface area contributed by atoms with Gasteiger partial charge >= 0.3 is 0 Å². The summed E-state index contributed by atoms with van der Waals surface area (Å²) in [5.41, 5.74) is 2.74. The van der Waals surface area contributed by atoms with Crippen LogP contribution in [0.1, 0.15) is 18.9 Å². The van der Waals surface area contributed by atoms with Crippen molar-refractivity contribution >= 4 is 21.6 Å². The molecule has 0 fully saturated rings. The quantitative estimate of drug-likeness (QED) is 0.716. The number of benzene rings is 1. The molecule has 1 unspecified atom stereocenters. The van der Waals surface area contributed by atoms with Crippen LogP contribution >= 0.6 is 15.9 Å². The summed E-state index contributed by atoms with van der Waals surface area (Å²) in [5.74, 6) is 0. The summed E-state index contributed by atoms with van der Waals surface area (Å²) in [7, 11) is 0. The average molecular weight is 226 g/mol. The van der Waals surface area contributed by atoms with Gasteiger partial charge in [-0.25, -0.2) is 0 Å². The van der Waals surface area contributed by atoms with Crippen LogP contribution in [-0.4, -0.2) is 6.04 Å². The minimum Gasteiger partial charge on any atom is -0.382 e. The van der Waals surface area contributed by atoms with E-state index in [0.717, 1.165) is 4.47 Å². The lowest BCUT2D eigenvalue weighted by Gasteiger charge is -2.24. The Hall–Kier alpha value is -0.500. The van der Waals surface area contributed by atoms with E-state index in [1.54, 1.807) is 0 Å². The first-order valence-electron chi connectivity index (χ1n) is 4.30. The van der Waals surface area contributed by atoms with Crippen LogP contribution in [0.4, 0.5) is 5.69 Å². The van der Waals surface area contributed by atoms with Crippen LogP contribution in [-0.2, 0) is 6.42 Å². The van der Waals surface area contributed by atoms with Crippen molar-refractivity contribution in [3.05, 3.63) is 28.2 Å². The molecule has 0 saturated carbocycles. The number of hydrogen-bond donors (Lipinski definition) is 1.